The monoisotopic (exact) mass is 312 g/mol. The summed E-state index contributed by atoms with van der Waals surface area (Å²) in [5, 5.41) is 0. The van der Waals surface area contributed by atoms with Gasteiger partial charge in [-0.05, 0) is 42.9 Å². The number of unbranched alkanes of at least 4 members (excludes halogenated alkanes) is 2. The Morgan fingerprint density at radius 3 is 2.48 bits per heavy atom. The zero-order chi connectivity index (χ0) is 15.7. The quantitative estimate of drug-likeness (QED) is 0.521. The van der Waals surface area contributed by atoms with E-state index in [4.69, 9.17) is 4.52 Å². The Morgan fingerprint density at radius 2 is 1.86 bits per heavy atom. The predicted molar refractivity (Wildman–Crippen MR) is 85.1 cm³/mol. The van der Waals surface area contributed by atoms with Crippen molar-refractivity contribution in [3.63, 3.8) is 0 Å². The summed E-state index contributed by atoms with van der Waals surface area (Å²) in [5.74, 6) is 0.449. The molecule has 0 aromatic heterocycles. The van der Waals surface area contributed by atoms with Gasteiger partial charge in [-0.3, -0.25) is 0 Å². The summed E-state index contributed by atoms with van der Waals surface area (Å²) in [7, 11) is -3.89. The van der Waals surface area contributed by atoms with Crippen LogP contribution in [0.5, 0.6) is 5.75 Å². The number of carbonyl (C=O) groups is 1. The van der Waals surface area contributed by atoms with Crippen molar-refractivity contribution in [3.05, 3.63) is 29.3 Å². The lowest BCUT2D eigenvalue weighted by molar-refractivity contribution is -0.106. The minimum Gasteiger partial charge on any atom is -0.424 e. The van der Waals surface area contributed by atoms with Gasteiger partial charge < -0.3 is 14.2 Å². The van der Waals surface area contributed by atoms with Crippen molar-refractivity contribution in [2.45, 2.75) is 52.4 Å². The molecule has 0 heterocycles. The van der Waals surface area contributed by atoms with Crippen molar-refractivity contribution in [1.82, 2.24) is 0 Å². The van der Waals surface area contributed by atoms with Crippen LogP contribution in [0.15, 0.2) is 18.2 Å². The minimum absolute atomic E-state index is 0.424. The van der Waals surface area contributed by atoms with Gasteiger partial charge in [0.15, 0.2) is 0 Å². The van der Waals surface area contributed by atoms with E-state index < -0.39 is 13.8 Å². The SMILES string of the molecule is CCCCc1cccc(OP(=O)(O)CC=O)c1CCCC. The molecule has 1 N–H and O–H groups in total. The zero-order valence-corrected chi connectivity index (χ0v) is 13.8. The largest absolute Gasteiger partial charge is 0.424 e. The van der Waals surface area contributed by atoms with Crippen LogP contribution in [0.2, 0.25) is 0 Å². The topological polar surface area (TPSA) is 63.6 Å². The van der Waals surface area contributed by atoms with Crippen molar-refractivity contribution >= 4 is 13.9 Å². The maximum absolute atomic E-state index is 11.8. The molecule has 1 unspecified atom stereocenters. The van der Waals surface area contributed by atoms with Crippen molar-refractivity contribution in [3.8, 4) is 5.75 Å². The van der Waals surface area contributed by atoms with Crippen molar-refractivity contribution in [2.75, 3.05) is 6.16 Å². The summed E-state index contributed by atoms with van der Waals surface area (Å²) in [6, 6.07) is 5.61. The third-order valence-corrected chi connectivity index (χ3v) is 4.45. The smallest absolute Gasteiger partial charge is 0.383 e. The van der Waals surface area contributed by atoms with Gasteiger partial charge in [0.2, 0.25) is 0 Å². The molecule has 1 aromatic carbocycles. The van der Waals surface area contributed by atoms with Crippen LogP contribution in [0.1, 0.15) is 50.7 Å². The van der Waals surface area contributed by atoms with Crippen LogP contribution >= 0.6 is 7.60 Å². The Bertz CT molecular complexity index is 499. The molecule has 1 aromatic rings. The predicted octanol–water partition coefficient (Wildman–Crippen LogP) is 4.13. The molecule has 5 heteroatoms. The molecule has 0 aliphatic carbocycles. The Hall–Kier alpha value is -1.12. The van der Waals surface area contributed by atoms with Gasteiger partial charge in [-0.2, -0.15) is 0 Å². The molecule has 0 radical (unpaired) electrons. The molecule has 1 atom stereocenters. The summed E-state index contributed by atoms with van der Waals surface area (Å²) < 4.78 is 17.1. The Kier molecular flexibility index (Phi) is 7.69. The maximum Gasteiger partial charge on any atom is 0.383 e. The standard InChI is InChI=1S/C16H25O4P/c1-3-5-8-14-9-7-11-16(15(14)10-6-4-2)20-21(18,19)13-12-17/h7,9,11-12H,3-6,8,10,13H2,1-2H3,(H,18,19). The first-order valence-corrected chi connectivity index (χ1v) is 9.36. The molecule has 0 aliphatic heterocycles. The molecule has 118 valence electrons. The lowest BCUT2D eigenvalue weighted by atomic mass is 9.97. The molecule has 0 spiro atoms. The highest BCUT2D eigenvalue weighted by atomic mass is 31.2. The van der Waals surface area contributed by atoms with E-state index in [1.807, 2.05) is 6.07 Å². The second-order valence-electron chi connectivity index (χ2n) is 5.18. The average molecular weight is 312 g/mol. The first-order valence-electron chi connectivity index (χ1n) is 7.59. The third kappa shape index (κ3) is 6.03. The second-order valence-corrected chi connectivity index (χ2v) is 7.00. The van der Waals surface area contributed by atoms with Crippen LogP contribution in [0.3, 0.4) is 0 Å². The fraction of sp³-hybridized carbons (Fsp3) is 0.562. The first-order chi connectivity index (χ1) is 10.0. The fourth-order valence-electron chi connectivity index (χ4n) is 2.22. The van der Waals surface area contributed by atoms with E-state index in [0.29, 0.717) is 12.0 Å². The molecule has 0 fully saturated rings. The van der Waals surface area contributed by atoms with Gasteiger partial charge in [-0.25, -0.2) is 4.57 Å². The molecule has 0 aliphatic rings. The summed E-state index contributed by atoms with van der Waals surface area (Å²) in [6.45, 7) is 4.25. The van der Waals surface area contributed by atoms with E-state index in [9.17, 15) is 14.3 Å². The van der Waals surface area contributed by atoms with E-state index in [0.717, 1.165) is 44.1 Å². The Balaban J connectivity index is 3.04. The highest BCUT2D eigenvalue weighted by Crippen LogP contribution is 2.43. The molecular weight excluding hydrogens is 287 g/mol. The van der Waals surface area contributed by atoms with Crippen LogP contribution in [-0.4, -0.2) is 17.3 Å². The molecule has 21 heavy (non-hydrogen) atoms. The van der Waals surface area contributed by atoms with Gasteiger partial charge in [0.25, 0.3) is 0 Å². The molecule has 0 saturated heterocycles. The van der Waals surface area contributed by atoms with Crippen LogP contribution in [0.25, 0.3) is 0 Å². The van der Waals surface area contributed by atoms with Gasteiger partial charge in [0, 0.05) is 0 Å². The molecule has 1 rings (SSSR count). The Morgan fingerprint density at radius 1 is 1.19 bits per heavy atom. The van der Waals surface area contributed by atoms with Crippen LogP contribution < -0.4 is 4.52 Å². The number of hydrogen-bond acceptors (Lipinski definition) is 3. The van der Waals surface area contributed by atoms with Gasteiger partial charge in [-0.1, -0.05) is 38.8 Å². The van der Waals surface area contributed by atoms with E-state index >= 15 is 0 Å². The number of hydrogen-bond donors (Lipinski definition) is 1. The van der Waals surface area contributed by atoms with Gasteiger partial charge in [0.05, 0.1) is 0 Å². The van der Waals surface area contributed by atoms with Gasteiger partial charge in [0.1, 0.15) is 18.2 Å². The van der Waals surface area contributed by atoms with E-state index in [1.54, 1.807) is 6.07 Å². The summed E-state index contributed by atoms with van der Waals surface area (Å²) in [5.41, 5.74) is 2.18. The highest BCUT2D eigenvalue weighted by Gasteiger charge is 2.22. The molecule has 0 bridgehead atoms. The van der Waals surface area contributed by atoms with Crippen molar-refractivity contribution in [2.24, 2.45) is 0 Å². The number of carbonyl (C=O) groups excluding carboxylic acids is 1. The van der Waals surface area contributed by atoms with Crippen molar-refractivity contribution < 1.29 is 18.8 Å². The Labute approximate surface area is 127 Å². The second kappa shape index (κ2) is 9.01. The molecule has 0 amide bonds. The molecular formula is C16H25O4P. The minimum atomic E-state index is -3.89. The number of rotatable bonds is 10. The first kappa shape index (κ1) is 17.9. The fourth-order valence-corrected chi connectivity index (χ4v) is 2.96. The van der Waals surface area contributed by atoms with Crippen LogP contribution in [0, 0.1) is 0 Å². The number of aryl methyl sites for hydroxylation is 1. The van der Waals surface area contributed by atoms with E-state index in [2.05, 4.69) is 19.9 Å². The van der Waals surface area contributed by atoms with Crippen molar-refractivity contribution in [1.29, 1.82) is 0 Å². The summed E-state index contributed by atoms with van der Waals surface area (Å²) in [6.07, 6.45) is 5.95. The van der Waals surface area contributed by atoms with Crippen LogP contribution in [-0.2, 0) is 22.2 Å². The third-order valence-electron chi connectivity index (χ3n) is 3.36. The van der Waals surface area contributed by atoms with E-state index in [1.165, 1.54) is 5.56 Å². The van der Waals surface area contributed by atoms with Gasteiger partial charge in [-0.15, -0.1) is 0 Å². The maximum atomic E-state index is 11.8. The number of benzene rings is 1. The zero-order valence-electron chi connectivity index (χ0n) is 12.9. The average Bonchev–Trinajstić information content (AvgIpc) is 2.43. The normalized spacial score (nSPS) is 13.7. The number of aldehydes is 1. The highest BCUT2D eigenvalue weighted by molar-refractivity contribution is 7.54. The van der Waals surface area contributed by atoms with Crippen LogP contribution in [0.4, 0.5) is 0 Å². The molecule has 4 nitrogen and oxygen atoms in total. The summed E-state index contributed by atoms with van der Waals surface area (Å²) >= 11 is 0. The summed E-state index contributed by atoms with van der Waals surface area (Å²) in [4.78, 5) is 20.2. The lowest BCUT2D eigenvalue weighted by Crippen LogP contribution is -2.03. The van der Waals surface area contributed by atoms with E-state index in [-0.39, 0.29) is 0 Å². The lowest BCUT2D eigenvalue weighted by Gasteiger charge is -2.17. The van der Waals surface area contributed by atoms with Gasteiger partial charge >= 0.3 is 7.60 Å². The molecule has 0 saturated carbocycles.